The van der Waals surface area contributed by atoms with E-state index in [1.807, 2.05) is 0 Å². The molecule has 0 atom stereocenters. The summed E-state index contributed by atoms with van der Waals surface area (Å²) in [4.78, 5) is 7.35. The van der Waals surface area contributed by atoms with Gasteiger partial charge in [-0.05, 0) is 13.0 Å². The first kappa shape index (κ1) is 8.75. The van der Waals surface area contributed by atoms with Crippen LogP contribution in [0.5, 0.6) is 0 Å². The minimum Gasteiger partial charge on any atom is -0.245 e. The topological polar surface area (TPSA) is 25.8 Å². The van der Waals surface area contributed by atoms with Crippen LogP contribution < -0.4 is 0 Å². The third-order valence-electron chi connectivity index (χ3n) is 0.604. The Morgan fingerprint density at radius 2 is 1.80 bits per heavy atom. The fourth-order valence-electron chi connectivity index (χ4n) is 0.253. The highest BCUT2D eigenvalue weighted by Gasteiger charge is 1.59. The van der Waals surface area contributed by atoms with Crippen molar-refractivity contribution in [2.45, 2.75) is 6.92 Å². The standard InChI is InChI=1S/C4H4N2.C3H5F/c1-2-5-4-6-3-1;1-2-3-4/h1-4H;2-3H,1H3. The molecule has 1 aromatic heterocycles. The lowest BCUT2D eigenvalue weighted by Gasteiger charge is -1.70. The van der Waals surface area contributed by atoms with Gasteiger partial charge >= 0.3 is 0 Å². The third kappa shape index (κ3) is 6.75. The van der Waals surface area contributed by atoms with Crippen molar-refractivity contribution in [3.05, 3.63) is 37.2 Å². The molecule has 0 spiro atoms. The van der Waals surface area contributed by atoms with E-state index >= 15 is 0 Å². The Kier molecular flexibility index (Phi) is 6.78. The van der Waals surface area contributed by atoms with Crippen molar-refractivity contribution in [2.75, 3.05) is 0 Å². The Morgan fingerprint density at radius 1 is 1.30 bits per heavy atom. The number of halogens is 1. The molecule has 0 aliphatic rings. The molecule has 0 aliphatic carbocycles. The lowest BCUT2D eigenvalue weighted by atomic mass is 10.7. The molecule has 0 saturated heterocycles. The molecule has 0 radical (unpaired) electrons. The van der Waals surface area contributed by atoms with Crippen LogP contribution in [0.4, 0.5) is 4.39 Å². The maximum Gasteiger partial charge on any atom is 0.115 e. The summed E-state index contributed by atoms with van der Waals surface area (Å²) < 4.78 is 10.5. The SMILES string of the molecule is CC=CF.c1cncnc1. The highest BCUT2D eigenvalue weighted by atomic mass is 19.1. The van der Waals surface area contributed by atoms with Gasteiger partial charge in [0.1, 0.15) is 6.33 Å². The predicted molar refractivity (Wildman–Crippen MR) is 38.0 cm³/mol. The lowest BCUT2D eigenvalue weighted by molar-refractivity contribution is 0.719. The van der Waals surface area contributed by atoms with E-state index in [2.05, 4.69) is 9.97 Å². The summed E-state index contributed by atoms with van der Waals surface area (Å²) in [5.41, 5.74) is 0. The smallest absolute Gasteiger partial charge is 0.115 e. The zero-order chi connectivity index (χ0) is 7.66. The van der Waals surface area contributed by atoms with Crippen molar-refractivity contribution in [1.29, 1.82) is 0 Å². The van der Waals surface area contributed by atoms with Crippen molar-refractivity contribution in [3.63, 3.8) is 0 Å². The maximum atomic E-state index is 10.5. The molecule has 1 rings (SSSR count). The van der Waals surface area contributed by atoms with Crippen molar-refractivity contribution in [2.24, 2.45) is 0 Å². The quantitative estimate of drug-likeness (QED) is 0.550. The minimum atomic E-state index is 0.500. The van der Waals surface area contributed by atoms with Crippen LogP contribution in [-0.4, -0.2) is 9.97 Å². The second-order valence-corrected chi connectivity index (χ2v) is 1.36. The van der Waals surface area contributed by atoms with Gasteiger partial charge in [0.05, 0.1) is 6.33 Å². The number of rotatable bonds is 0. The van der Waals surface area contributed by atoms with Crippen LogP contribution in [0.2, 0.25) is 0 Å². The minimum absolute atomic E-state index is 0.500. The number of aromatic nitrogens is 2. The Labute approximate surface area is 59.4 Å². The van der Waals surface area contributed by atoms with Gasteiger partial charge in [0.25, 0.3) is 0 Å². The molecule has 0 bridgehead atoms. The molecule has 1 aromatic rings. The third-order valence-corrected chi connectivity index (χ3v) is 0.604. The van der Waals surface area contributed by atoms with E-state index in [1.54, 1.807) is 25.4 Å². The summed E-state index contributed by atoms with van der Waals surface area (Å²) in [5.74, 6) is 0. The van der Waals surface area contributed by atoms with Crippen molar-refractivity contribution >= 4 is 0 Å². The number of nitrogens with zero attached hydrogens (tertiary/aromatic N) is 2. The van der Waals surface area contributed by atoms with Crippen molar-refractivity contribution in [1.82, 2.24) is 9.97 Å². The molecule has 0 aliphatic heterocycles. The summed E-state index contributed by atoms with van der Waals surface area (Å²) in [6.07, 6.45) is 6.71. The first-order chi connectivity index (χ1) is 4.91. The molecule has 0 amide bonds. The van der Waals surface area contributed by atoms with Gasteiger partial charge in [-0.1, -0.05) is 6.08 Å². The average molecular weight is 140 g/mol. The van der Waals surface area contributed by atoms with Gasteiger partial charge in [-0.25, -0.2) is 14.4 Å². The molecule has 54 valence electrons. The van der Waals surface area contributed by atoms with Gasteiger partial charge in [0.15, 0.2) is 0 Å². The Balaban J connectivity index is 0.000000180. The fraction of sp³-hybridized carbons (Fsp3) is 0.143. The van der Waals surface area contributed by atoms with E-state index < -0.39 is 0 Å². The molecule has 0 saturated carbocycles. The molecule has 0 N–H and O–H groups in total. The van der Waals surface area contributed by atoms with E-state index in [1.165, 1.54) is 12.4 Å². The first-order valence-corrected chi connectivity index (χ1v) is 2.83. The summed E-state index contributed by atoms with van der Waals surface area (Å²) in [6.45, 7) is 1.62. The van der Waals surface area contributed by atoms with Gasteiger partial charge in [-0.15, -0.1) is 0 Å². The number of hydrogen-bond acceptors (Lipinski definition) is 2. The van der Waals surface area contributed by atoms with Crippen LogP contribution in [0.1, 0.15) is 6.92 Å². The van der Waals surface area contributed by atoms with Crippen LogP contribution in [0.25, 0.3) is 0 Å². The average Bonchev–Trinajstić information content (AvgIpc) is 2.08. The normalized spacial score (nSPS) is 8.60. The largest absolute Gasteiger partial charge is 0.245 e. The molecule has 0 aromatic carbocycles. The van der Waals surface area contributed by atoms with Gasteiger partial charge in [0.2, 0.25) is 0 Å². The summed E-state index contributed by atoms with van der Waals surface area (Å²) >= 11 is 0. The van der Waals surface area contributed by atoms with Gasteiger partial charge < -0.3 is 0 Å². The van der Waals surface area contributed by atoms with E-state index in [4.69, 9.17) is 0 Å². The Bertz CT molecular complexity index is 132. The van der Waals surface area contributed by atoms with Gasteiger partial charge in [0, 0.05) is 12.4 Å². The van der Waals surface area contributed by atoms with Gasteiger partial charge in [-0.3, -0.25) is 0 Å². The molecular weight excluding hydrogens is 131 g/mol. The number of allylic oxidation sites excluding steroid dienone is 1. The second kappa shape index (κ2) is 7.75. The first-order valence-electron chi connectivity index (χ1n) is 2.83. The zero-order valence-electron chi connectivity index (χ0n) is 5.74. The Morgan fingerprint density at radius 3 is 1.90 bits per heavy atom. The van der Waals surface area contributed by atoms with Crippen LogP contribution in [-0.2, 0) is 0 Å². The van der Waals surface area contributed by atoms with Crippen LogP contribution >= 0.6 is 0 Å². The predicted octanol–water partition coefficient (Wildman–Crippen LogP) is 1.97. The molecule has 10 heavy (non-hydrogen) atoms. The van der Waals surface area contributed by atoms with Crippen molar-refractivity contribution in [3.8, 4) is 0 Å². The molecule has 0 fully saturated rings. The van der Waals surface area contributed by atoms with Crippen LogP contribution in [0, 0.1) is 0 Å². The lowest BCUT2D eigenvalue weighted by Crippen LogP contribution is -1.66. The molecule has 1 heterocycles. The maximum absolute atomic E-state index is 10.5. The van der Waals surface area contributed by atoms with Crippen LogP contribution in [0.15, 0.2) is 37.2 Å². The molecule has 0 unspecified atom stereocenters. The van der Waals surface area contributed by atoms with E-state index in [0.717, 1.165) is 0 Å². The second-order valence-electron chi connectivity index (χ2n) is 1.36. The summed E-state index contributed by atoms with van der Waals surface area (Å²) in [7, 11) is 0. The van der Waals surface area contributed by atoms with Gasteiger partial charge in [-0.2, -0.15) is 0 Å². The number of hydrogen-bond donors (Lipinski definition) is 0. The highest BCUT2D eigenvalue weighted by molar-refractivity contribution is 4.74. The Hall–Kier alpha value is -1.25. The van der Waals surface area contributed by atoms with E-state index in [9.17, 15) is 4.39 Å². The molecule has 3 heteroatoms. The zero-order valence-corrected chi connectivity index (χ0v) is 5.74. The van der Waals surface area contributed by atoms with Crippen molar-refractivity contribution < 1.29 is 4.39 Å². The van der Waals surface area contributed by atoms with E-state index in [0.29, 0.717) is 6.33 Å². The monoisotopic (exact) mass is 140 g/mol. The molecule has 2 nitrogen and oxygen atoms in total. The highest BCUT2D eigenvalue weighted by Crippen LogP contribution is 1.66. The van der Waals surface area contributed by atoms with E-state index in [-0.39, 0.29) is 0 Å². The van der Waals surface area contributed by atoms with Crippen LogP contribution in [0.3, 0.4) is 0 Å². The summed E-state index contributed by atoms with van der Waals surface area (Å²) in [5, 5.41) is 0. The summed E-state index contributed by atoms with van der Waals surface area (Å²) in [6, 6.07) is 1.78. The molecular formula is C7H9FN2. The fourth-order valence-corrected chi connectivity index (χ4v) is 0.253.